The van der Waals surface area contributed by atoms with E-state index in [2.05, 4.69) is 26.2 Å². The fourth-order valence-electron chi connectivity index (χ4n) is 0.956. The van der Waals surface area contributed by atoms with Crippen molar-refractivity contribution in [3.05, 3.63) is 28.5 Å². The lowest BCUT2D eigenvalue weighted by Gasteiger charge is -2.07. The Morgan fingerprint density at radius 2 is 2.12 bits per heavy atom. The van der Waals surface area contributed by atoms with Gasteiger partial charge in [0.05, 0.1) is 12.0 Å². The Balaban J connectivity index is 2.47. The third-order valence-corrected chi connectivity index (χ3v) is 2.09. The second-order valence-corrected chi connectivity index (χ2v) is 3.93. The highest BCUT2D eigenvalue weighted by Crippen LogP contribution is 2.18. The fourth-order valence-corrected chi connectivity index (χ4v) is 1.32. The Kier molecular flexibility index (Phi) is 4.28. The first-order chi connectivity index (χ1) is 7.38. The molecule has 0 radical (unpaired) electrons. The number of alkyl halides is 3. The van der Waals surface area contributed by atoms with Gasteiger partial charge in [-0.05, 0) is 22.0 Å². The molecule has 0 unspecified atom stereocenters. The SMILES string of the molecule is O=C(NCCC(F)(F)F)c1cncc(Br)c1. The molecule has 3 nitrogen and oxygen atoms in total. The molecule has 16 heavy (non-hydrogen) atoms. The van der Waals surface area contributed by atoms with Crippen LogP contribution in [0.4, 0.5) is 13.2 Å². The number of amides is 1. The highest BCUT2D eigenvalue weighted by atomic mass is 79.9. The lowest BCUT2D eigenvalue weighted by atomic mass is 10.2. The van der Waals surface area contributed by atoms with E-state index in [1.807, 2.05) is 0 Å². The van der Waals surface area contributed by atoms with Crippen LogP contribution in [-0.2, 0) is 0 Å². The maximum absolute atomic E-state index is 11.8. The van der Waals surface area contributed by atoms with Crippen LogP contribution in [0.5, 0.6) is 0 Å². The minimum Gasteiger partial charge on any atom is -0.352 e. The minimum atomic E-state index is -4.26. The maximum atomic E-state index is 11.8. The molecule has 1 rings (SSSR count). The Labute approximate surface area is 98.2 Å². The molecule has 1 N–H and O–H groups in total. The third kappa shape index (κ3) is 4.61. The van der Waals surface area contributed by atoms with Gasteiger partial charge in [-0.15, -0.1) is 0 Å². The maximum Gasteiger partial charge on any atom is 0.390 e. The van der Waals surface area contributed by atoms with E-state index in [0.29, 0.717) is 4.47 Å². The normalized spacial score (nSPS) is 11.2. The third-order valence-electron chi connectivity index (χ3n) is 1.66. The smallest absolute Gasteiger partial charge is 0.352 e. The summed E-state index contributed by atoms with van der Waals surface area (Å²) in [5.41, 5.74) is 0.219. The van der Waals surface area contributed by atoms with Gasteiger partial charge in [-0.1, -0.05) is 0 Å². The number of aromatic nitrogens is 1. The molecule has 0 aliphatic rings. The zero-order chi connectivity index (χ0) is 12.2. The molecule has 0 aromatic carbocycles. The van der Waals surface area contributed by atoms with Crippen LogP contribution in [0, 0.1) is 0 Å². The van der Waals surface area contributed by atoms with Crippen molar-refractivity contribution in [1.82, 2.24) is 10.3 Å². The average molecular weight is 297 g/mol. The Bertz CT molecular complexity index is 381. The Morgan fingerprint density at radius 3 is 2.69 bits per heavy atom. The number of pyridine rings is 1. The lowest BCUT2D eigenvalue weighted by Crippen LogP contribution is -2.27. The number of nitrogens with one attached hydrogen (secondary N) is 1. The van der Waals surface area contributed by atoms with E-state index in [-0.39, 0.29) is 5.56 Å². The monoisotopic (exact) mass is 296 g/mol. The van der Waals surface area contributed by atoms with E-state index >= 15 is 0 Å². The molecule has 1 aromatic rings. The summed E-state index contributed by atoms with van der Waals surface area (Å²) in [6.07, 6.45) is -2.54. The van der Waals surface area contributed by atoms with E-state index in [1.165, 1.54) is 18.5 Å². The molecule has 1 aromatic heterocycles. The van der Waals surface area contributed by atoms with Gasteiger partial charge in [0.25, 0.3) is 5.91 Å². The summed E-state index contributed by atoms with van der Waals surface area (Å²) in [6, 6.07) is 1.48. The van der Waals surface area contributed by atoms with Crippen LogP contribution >= 0.6 is 15.9 Å². The molecule has 0 aliphatic carbocycles. The van der Waals surface area contributed by atoms with Crippen molar-refractivity contribution in [2.24, 2.45) is 0 Å². The van der Waals surface area contributed by atoms with E-state index in [9.17, 15) is 18.0 Å². The largest absolute Gasteiger partial charge is 0.390 e. The van der Waals surface area contributed by atoms with Gasteiger partial charge in [-0.3, -0.25) is 9.78 Å². The average Bonchev–Trinajstić information content (AvgIpc) is 2.15. The molecule has 0 saturated heterocycles. The summed E-state index contributed by atoms with van der Waals surface area (Å²) in [4.78, 5) is 15.1. The molecular formula is C9H8BrF3N2O. The first-order valence-electron chi connectivity index (χ1n) is 4.34. The summed E-state index contributed by atoms with van der Waals surface area (Å²) in [7, 11) is 0. The van der Waals surface area contributed by atoms with Crippen molar-refractivity contribution in [2.45, 2.75) is 12.6 Å². The summed E-state index contributed by atoms with van der Waals surface area (Å²) in [5, 5.41) is 2.16. The quantitative estimate of drug-likeness (QED) is 0.931. The highest BCUT2D eigenvalue weighted by Gasteiger charge is 2.26. The van der Waals surface area contributed by atoms with Crippen LogP contribution in [0.25, 0.3) is 0 Å². The molecule has 1 heterocycles. The van der Waals surface area contributed by atoms with Crippen LogP contribution in [-0.4, -0.2) is 23.6 Å². The predicted octanol–water partition coefficient (Wildman–Crippen LogP) is 2.53. The van der Waals surface area contributed by atoms with Crippen molar-refractivity contribution in [3.63, 3.8) is 0 Å². The van der Waals surface area contributed by atoms with Gasteiger partial charge in [-0.25, -0.2) is 0 Å². The molecule has 0 aliphatic heterocycles. The van der Waals surface area contributed by atoms with Gasteiger partial charge in [-0.2, -0.15) is 13.2 Å². The first-order valence-corrected chi connectivity index (χ1v) is 5.13. The molecule has 0 bridgehead atoms. The van der Waals surface area contributed by atoms with Gasteiger partial charge < -0.3 is 5.32 Å². The van der Waals surface area contributed by atoms with Crippen LogP contribution in [0.15, 0.2) is 22.9 Å². The van der Waals surface area contributed by atoms with Crippen molar-refractivity contribution in [2.75, 3.05) is 6.54 Å². The topological polar surface area (TPSA) is 42.0 Å². The van der Waals surface area contributed by atoms with Crippen molar-refractivity contribution >= 4 is 21.8 Å². The van der Waals surface area contributed by atoms with Crippen molar-refractivity contribution in [3.8, 4) is 0 Å². The summed E-state index contributed by atoms with van der Waals surface area (Å²) >= 11 is 3.11. The van der Waals surface area contributed by atoms with Crippen LogP contribution < -0.4 is 5.32 Å². The van der Waals surface area contributed by atoms with Gasteiger partial charge in [0.15, 0.2) is 0 Å². The highest BCUT2D eigenvalue weighted by molar-refractivity contribution is 9.10. The number of carbonyl (C=O) groups excluding carboxylic acids is 1. The van der Waals surface area contributed by atoms with E-state index in [4.69, 9.17) is 0 Å². The minimum absolute atomic E-state index is 0.219. The second-order valence-electron chi connectivity index (χ2n) is 3.01. The molecule has 0 fully saturated rings. The molecule has 0 spiro atoms. The number of halogens is 4. The van der Waals surface area contributed by atoms with Gasteiger partial charge in [0.1, 0.15) is 0 Å². The zero-order valence-corrected chi connectivity index (χ0v) is 9.60. The van der Waals surface area contributed by atoms with Crippen molar-refractivity contribution in [1.29, 1.82) is 0 Å². The number of hydrogen-bond donors (Lipinski definition) is 1. The predicted molar refractivity (Wildman–Crippen MR) is 54.9 cm³/mol. The molecule has 7 heteroatoms. The number of nitrogens with zero attached hydrogens (tertiary/aromatic N) is 1. The molecule has 0 atom stereocenters. The zero-order valence-electron chi connectivity index (χ0n) is 8.01. The number of carbonyl (C=O) groups is 1. The lowest BCUT2D eigenvalue weighted by molar-refractivity contribution is -0.132. The van der Waals surface area contributed by atoms with Crippen LogP contribution in [0.2, 0.25) is 0 Å². The molecule has 0 saturated carbocycles. The Morgan fingerprint density at radius 1 is 1.44 bits per heavy atom. The van der Waals surface area contributed by atoms with Crippen LogP contribution in [0.3, 0.4) is 0 Å². The van der Waals surface area contributed by atoms with E-state index < -0.39 is 25.0 Å². The fraction of sp³-hybridized carbons (Fsp3) is 0.333. The molecule has 88 valence electrons. The number of hydrogen-bond acceptors (Lipinski definition) is 2. The summed E-state index contributed by atoms with van der Waals surface area (Å²) in [5.74, 6) is -0.571. The number of rotatable bonds is 3. The van der Waals surface area contributed by atoms with E-state index in [1.54, 1.807) is 0 Å². The van der Waals surface area contributed by atoms with E-state index in [0.717, 1.165) is 0 Å². The van der Waals surface area contributed by atoms with Crippen molar-refractivity contribution < 1.29 is 18.0 Å². The first kappa shape index (κ1) is 13.0. The Hall–Kier alpha value is -1.11. The van der Waals surface area contributed by atoms with Gasteiger partial charge >= 0.3 is 6.18 Å². The van der Waals surface area contributed by atoms with Gasteiger partial charge in [0.2, 0.25) is 0 Å². The summed E-state index contributed by atoms with van der Waals surface area (Å²) in [6.45, 7) is -0.436. The molecular weight excluding hydrogens is 289 g/mol. The molecule has 1 amide bonds. The standard InChI is InChI=1S/C9H8BrF3N2O/c10-7-3-6(4-14-5-7)8(16)15-2-1-9(11,12)13/h3-5H,1-2H2,(H,15,16). The summed E-state index contributed by atoms with van der Waals surface area (Å²) < 4.78 is 36.0. The second kappa shape index (κ2) is 5.29. The van der Waals surface area contributed by atoms with Gasteiger partial charge in [0, 0.05) is 23.4 Å². The van der Waals surface area contributed by atoms with Crippen LogP contribution in [0.1, 0.15) is 16.8 Å².